The fraction of sp³-hybridized carbons (Fsp3) is 0.273. The number of nitrogens with zero attached hydrogens (tertiary/aromatic N) is 2. The molecule has 1 amide bonds. The van der Waals surface area contributed by atoms with E-state index in [0.29, 0.717) is 5.69 Å². The van der Waals surface area contributed by atoms with Crippen molar-refractivity contribution >= 4 is 17.2 Å². The van der Waals surface area contributed by atoms with E-state index in [1.54, 1.807) is 5.38 Å². The average molecular weight is 235 g/mol. The van der Waals surface area contributed by atoms with E-state index in [0.717, 1.165) is 5.13 Å². The van der Waals surface area contributed by atoms with Gasteiger partial charge in [0, 0.05) is 23.8 Å². The Hall–Kier alpha value is -1.62. The molecule has 0 unspecified atom stereocenters. The lowest BCUT2D eigenvalue weighted by Crippen LogP contribution is -2.30. The number of carbonyl (C=O) groups is 1. The topological polar surface area (TPSA) is 46.9 Å². The molecule has 0 spiro atoms. The zero-order valence-corrected chi connectivity index (χ0v) is 9.99. The van der Waals surface area contributed by atoms with Crippen LogP contribution in [0.4, 0.5) is 0 Å². The molecule has 0 saturated heterocycles. The van der Waals surface area contributed by atoms with Gasteiger partial charge in [-0.2, -0.15) is 0 Å². The monoisotopic (exact) mass is 235 g/mol. The van der Waals surface area contributed by atoms with Crippen molar-refractivity contribution in [2.75, 3.05) is 0 Å². The molecule has 0 atom stereocenters. The van der Waals surface area contributed by atoms with Gasteiger partial charge in [-0.15, -0.1) is 11.3 Å². The second-order valence-corrected chi connectivity index (χ2v) is 4.57. The van der Waals surface area contributed by atoms with Gasteiger partial charge in [0.2, 0.25) is 0 Å². The molecule has 0 saturated carbocycles. The predicted molar refractivity (Wildman–Crippen MR) is 64.0 cm³/mol. The number of thiazole rings is 1. The Balaban J connectivity index is 2.17. The molecule has 0 bridgehead atoms. The van der Waals surface area contributed by atoms with Crippen molar-refractivity contribution in [3.63, 3.8) is 0 Å². The van der Waals surface area contributed by atoms with E-state index in [1.165, 1.54) is 11.3 Å². The molecule has 0 fully saturated rings. The van der Waals surface area contributed by atoms with Crippen LogP contribution in [-0.4, -0.2) is 21.5 Å². The highest BCUT2D eigenvalue weighted by molar-refractivity contribution is 7.12. The van der Waals surface area contributed by atoms with Crippen molar-refractivity contribution in [1.82, 2.24) is 14.9 Å². The Labute approximate surface area is 97.9 Å². The van der Waals surface area contributed by atoms with E-state index in [1.807, 2.05) is 42.9 Å². The smallest absolute Gasteiger partial charge is 0.271 e. The van der Waals surface area contributed by atoms with Crippen molar-refractivity contribution in [3.8, 4) is 5.13 Å². The van der Waals surface area contributed by atoms with Crippen LogP contribution in [0.3, 0.4) is 0 Å². The number of carbonyl (C=O) groups excluding carboxylic acids is 1. The fourth-order valence-electron chi connectivity index (χ4n) is 1.29. The summed E-state index contributed by atoms with van der Waals surface area (Å²) in [6.45, 7) is 3.86. The zero-order chi connectivity index (χ0) is 11.5. The number of hydrogen-bond donors (Lipinski definition) is 1. The summed E-state index contributed by atoms with van der Waals surface area (Å²) in [7, 11) is 0. The SMILES string of the molecule is CC(C)NC(=O)c1csc(-n2cccc2)n1. The molecule has 2 aromatic rings. The lowest BCUT2D eigenvalue weighted by Gasteiger charge is -2.05. The molecule has 0 aliphatic heterocycles. The van der Waals surface area contributed by atoms with Crippen LogP contribution in [0.5, 0.6) is 0 Å². The molecule has 2 rings (SSSR count). The maximum Gasteiger partial charge on any atom is 0.271 e. The first-order valence-electron chi connectivity index (χ1n) is 5.06. The molecule has 0 radical (unpaired) electrons. The summed E-state index contributed by atoms with van der Waals surface area (Å²) in [5.74, 6) is -0.121. The summed E-state index contributed by atoms with van der Waals surface area (Å²) in [5, 5.41) is 5.39. The molecule has 16 heavy (non-hydrogen) atoms. The number of rotatable bonds is 3. The molecular formula is C11H13N3OS. The minimum Gasteiger partial charge on any atom is -0.349 e. The first-order chi connectivity index (χ1) is 7.66. The highest BCUT2D eigenvalue weighted by Crippen LogP contribution is 2.14. The van der Waals surface area contributed by atoms with Crippen LogP contribution < -0.4 is 5.32 Å². The van der Waals surface area contributed by atoms with E-state index in [4.69, 9.17) is 0 Å². The van der Waals surface area contributed by atoms with Crippen molar-refractivity contribution in [2.45, 2.75) is 19.9 Å². The normalized spacial score (nSPS) is 10.7. The summed E-state index contributed by atoms with van der Waals surface area (Å²) < 4.78 is 1.89. The Morgan fingerprint density at radius 3 is 2.75 bits per heavy atom. The molecular weight excluding hydrogens is 222 g/mol. The van der Waals surface area contributed by atoms with Crippen molar-refractivity contribution in [3.05, 3.63) is 35.6 Å². The van der Waals surface area contributed by atoms with Gasteiger partial charge in [0.1, 0.15) is 5.69 Å². The van der Waals surface area contributed by atoms with Crippen LogP contribution in [0.1, 0.15) is 24.3 Å². The number of amides is 1. The molecule has 2 aromatic heterocycles. The molecule has 4 nitrogen and oxygen atoms in total. The van der Waals surface area contributed by atoms with E-state index >= 15 is 0 Å². The predicted octanol–water partition coefficient (Wildman–Crippen LogP) is 2.07. The molecule has 0 aromatic carbocycles. The van der Waals surface area contributed by atoms with Gasteiger partial charge in [-0.3, -0.25) is 4.79 Å². The fourth-order valence-corrected chi connectivity index (χ4v) is 2.06. The highest BCUT2D eigenvalue weighted by Gasteiger charge is 2.11. The minimum absolute atomic E-state index is 0.121. The first kappa shape index (κ1) is 10.9. The van der Waals surface area contributed by atoms with Crippen LogP contribution in [0.2, 0.25) is 0 Å². The molecule has 5 heteroatoms. The van der Waals surface area contributed by atoms with Crippen LogP contribution in [-0.2, 0) is 0 Å². The summed E-state index contributed by atoms with van der Waals surface area (Å²) in [6.07, 6.45) is 3.81. The summed E-state index contributed by atoms with van der Waals surface area (Å²) >= 11 is 1.45. The third-order valence-corrected chi connectivity index (χ3v) is 2.82. The summed E-state index contributed by atoms with van der Waals surface area (Å²) in [5.41, 5.74) is 0.474. The Morgan fingerprint density at radius 1 is 1.44 bits per heavy atom. The summed E-state index contributed by atoms with van der Waals surface area (Å²) in [6, 6.07) is 3.98. The lowest BCUT2D eigenvalue weighted by molar-refractivity contribution is 0.0939. The van der Waals surface area contributed by atoms with Crippen LogP contribution in [0.25, 0.3) is 5.13 Å². The average Bonchev–Trinajstić information content (AvgIpc) is 2.87. The second kappa shape index (κ2) is 4.49. The van der Waals surface area contributed by atoms with Gasteiger partial charge in [0.15, 0.2) is 5.13 Å². The van der Waals surface area contributed by atoms with Crippen LogP contribution in [0.15, 0.2) is 29.9 Å². The molecule has 2 heterocycles. The van der Waals surface area contributed by atoms with Crippen molar-refractivity contribution < 1.29 is 4.79 Å². The molecule has 1 N–H and O–H groups in total. The largest absolute Gasteiger partial charge is 0.349 e. The van der Waals surface area contributed by atoms with Crippen molar-refractivity contribution in [1.29, 1.82) is 0 Å². The van der Waals surface area contributed by atoms with Gasteiger partial charge in [0.25, 0.3) is 5.91 Å². The molecule has 0 aliphatic carbocycles. The molecule has 84 valence electrons. The Morgan fingerprint density at radius 2 is 2.12 bits per heavy atom. The third-order valence-electron chi connectivity index (χ3n) is 1.97. The van der Waals surface area contributed by atoms with Gasteiger partial charge in [-0.25, -0.2) is 4.98 Å². The van der Waals surface area contributed by atoms with Gasteiger partial charge in [-0.1, -0.05) is 0 Å². The van der Waals surface area contributed by atoms with E-state index < -0.39 is 0 Å². The second-order valence-electron chi connectivity index (χ2n) is 3.73. The quantitative estimate of drug-likeness (QED) is 0.885. The van der Waals surface area contributed by atoms with Gasteiger partial charge < -0.3 is 9.88 Å². The van der Waals surface area contributed by atoms with E-state index in [-0.39, 0.29) is 11.9 Å². The van der Waals surface area contributed by atoms with E-state index in [9.17, 15) is 4.79 Å². The van der Waals surface area contributed by atoms with Gasteiger partial charge in [-0.05, 0) is 26.0 Å². The number of hydrogen-bond acceptors (Lipinski definition) is 3. The number of aromatic nitrogens is 2. The minimum atomic E-state index is -0.121. The maximum absolute atomic E-state index is 11.7. The van der Waals surface area contributed by atoms with Crippen molar-refractivity contribution in [2.24, 2.45) is 0 Å². The van der Waals surface area contributed by atoms with Crippen LogP contribution in [0, 0.1) is 0 Å². The van der Waals surface area contributed by atoms with E-state index in [2.05, 4.69) is 10.3 Å². The van der Waals surface area contributed by atoms with Gasteiger partial charge in [0.05, 0.1) is 0 Å². The first-order valence-corrected chi connectivity index (χ1v) is 5.94. The number of nitrogens with one attached hydrogen (secondary N) is 1. The lowest BCUT2D eigenvalue weighted by atomic mass is 10.3. The standard InChI is InChI=1S/C11H13N3OS/c1-8(2)12-10(15)9-7-16-11(13-9)14-5-3-4-6-14/h3-8H,1-2H3,(H,12,15). The maximum atomic E-state index is 11.7. The molecule has 0 aliphatic rings. The van der Waals surface area contributed by atoms with Crippen LogP contribution >= 0.6 is 11.3 Å². The highest BCUT2D eigenvalue weighted by atomic mass is 32.1. The third kappa shape index (κ3) is 2.30. The Bertz CT molecular complexity index is 473. The Kier molecular flexibility index (Phi) is 3.05. The zero-order valence-electron chi connectivity index (χ0n) is 9.18. The summed E-state index contributed by atoms with van der Waals surface area (Å²) in [4.78, 5) is 15.9. The van der Waals surface area contributed by atoms with Gasteiger partial charge >= 0.3 is 0 Å².